The van der Waals surface area contributed by atoms with Gasteiger partial charge in [-0.3, -0.25) is 4.79 Å². The molecule has 1 heterocycles. The van der Waals surface area contributed by atoms with Gasteiger partial charge < -0.3 is 10.1 Å². The third-order valence-electron chi connectivity index (χ3n) is 6.74. The average molecular weight is 346 g/mol. The van der Waals surface area contributed by atoms with Crippen LogP contribution in [0.15, 0.2) is 24.3 Å². The first-order valence-electron chi connectivity index (χ1n) is 9.27. The van der Waals surface area contributed by atoms with Crippen molar-refractivity contribution in [2.75, 3.05) is 6.61 Å². The van der Waals surface area contributed by atoms with Crippen molar-refractivity contribution in [2.24, 2.45) is 17.3 Å². The van der Waals surface area contributed by atoms with Crippen molar-refractivity contribution in [3.8, 4) is 5.75 Å². The highest BCUT2D eigenvalue weighted by Crippen LogP contribution is 2.64. The number of nitrogens with one attached hydrogen (secondary N) is 1. The minimum Gasteiger partial charge on any atom is -0.493 e. The van der Waals surface area contributed by atoms with Crippen LogP contribution in [0.3, 0.4) is 0 Å². The summed E-state index contributed by atoms with van der Waals surface area (Å²) in [5.74, 6) is 2.45. The lowest BCUT2D eigenvalue weighted by molar-refractivity contribution is -0.145. The lowest BCUT2D eigenvalue weighted by Gasteiger charge is -2.59. The predicted molar refractivity (Wildman–Crippen MR) is 93.1 cm³/mol. The molecule has 4 heteroatoms. The monoisotopic (exact) mass is 345 g/mol. The molecule has 0 spiro atoms. The molecule has 3 nitrogen and oxygen atoms in total. The number of para-hydroxylation sites is 1. The molecular formula is C20H24ClNO2. The molecule has 1 aliphatic heterocycles. The molecule has 0 unspecified atom stereocenters. The van der Waals surface area contributed by atoms with Gasteiger partial charge in [0.25, 0.3) is 0 Å². The van der Waals surface area contributed by atoms with Crippen molar-refractivity contribution in [2.45, 2.75) is 55.9 Å². The van der Waals surface area contributed by atoms with Crippen molar-refractivity contribution in [1.29, 1.82) is 0 Å². The molecule has 128 valence electrons. The second-order valence-electron chi connectivity index (χ2n) is 8.59. The molecule has 1 aromatic carbocycles. The van der Waals surface area contributed by atoms with Gasteiger partial charge in [-0.1, -0.05) is 18.2 Å². The number of alkyl halides is 1. The number of ether oxygens (including phenoxy) is 1. The number of fused-ring (bicyclic) bond motifs is 1. The number of carbonyl (C=O) groups excluding carboxylic acids is 1. The van der Waals surface area contributed by atoms with Crippen LogP contribution in [0.2, 0.25) is 0 Å². The van der Waals surface area contributed by atoms with E-state index in [9.17, 15) is 4.79 Å². The fraction of sp³-hybridized carbons (Fsp3) is 0.650. The normalized spacial score (nSPS) is 42.3. The highest BCUT2D eigenvalue weighted by Gasteiger charge is 2.60. The number of rotatable bonds is 2. The van der Waals surface area contributed by atoms with E-state index in [1.54, 1.807) is 0 Å². The van der Waals surface area contributed by atoms with Gasteiger partial charge >= 0.3 is 0 Å². The summed E-state index contributed by atoms with van der Waals surface area (Å²) in [5, 5.41) is 3.37. The third-order valence-corrected chi connectivity index (χ3v) is 7.18. The highest BCUT2D eigenvalue weighted by atomic mass is 35.5. The van der Waals surface area contributed by atoms with E-state index in [-0.39, 0.29) is 22.2 Å². The Morgan fingerprint density at radius 1 is 1.17 bits per heavy atom. The van der Waals surface area contributed by atoms with Gasteiger partial charge in [0.15, 0.2) is 0 Å². The first kappa shape index (κ1) is 15.1. The zero-order valence-electron chi connectivity index (χ0n) is 13.9. The largest absolute Gasteiger partial charge is 0.493 e. The van der Waals surface area contributed by atoms with Crippen LogP contribution < -0.4 is 10.1 Å². The minimum atomic E-state index is -0.223. The predicted octanol–water partition coefficient (Wildman–Crippen LogP) is 4.20. The van der Waals surface area contributed by atoms with Gasteiger partial charge in [0.2, 0.25) is 5.91 Å². The molecule has 0 saturated heterocycles. The van der Waals surface area contributed by atoms with Crippen LogP contribution in [0.5, 0.6) is 5.75 Å². The van der Waals surface area contributed by atoms with Gasteiger partial charge in [-0.25, -0.2) is 0 Å². The lowest BCUT2D eigenvalue weighted by atomic mass is 9.49. The zero-order valence-corrected chi connectivity index (χ0v) is 14.6. The second-order valence-corrected chi connectivity index (χ2v) is 9.40. The van der Waals surface area contributed by atoms with Gasteiger partial charge in [0, 0.05) is 16.9 Å². The highest BCUT2D eigenvalue weighted by molar-refractivity contribution is 6.24. The van der Waals surface area contributed by atoms with Crippen LogP contribution in [-0.2, 0) is 4.79 Å². The molecule has 1 aromatic rings. The Balaban J connectivity index is 1.40. The summed E-state index contributed by atoms with van der Waals surface area (Å²) in [6.45, 7) is 0.666. The van der Waals surface area contributed by atoms with E-state index in [0.29, 0.717) is 18.4 Å². The quantitative estimate of drug-likeness (QED) is 0.815. The van der Waals surface area contributed by atoms with Crippen molar-refractivity contribution in [1.82, 2.24) is 5.32 Å². The van der Waals surface area contributed by atoms with Crippen LogP contribution in [0.25, 0.3) is 0 Å². The Kier molecular flexibility index (Phi) is 3.23. The van der Waals surface area contributed by atoms with E-state index < -0.39 is 0 Å². The molecule has 4 bridgehead atoms. The maximum absolute atomic E-state index is 13.3. The van der Waals surface area contributed by atoms with Crippen molar-refractivity contribution < 1.29 is 9.53 Å². The van der Waals surface area contributed by atoms with Gasteiger partial charge in [0.05, 0.1) is 18.1 Å². The summed E-state index contributed by atoms with van der Waals surface area (Å²) in [6, 6.07) is 8.14. The number of halogens is 1. The minimum absolute atomic E-state index is 0.0710. The van der Waals surface area contributed by atoms with Gasteiger partial charge in [-0.2, -0.15) is 0 Å². The van der Waals surface area contributed by atoms with E-state index in [1.807, 2.05) is 18.2 Å². The molecule has 0 aromatic heterocycles. The summed E-state index contributed by atoms with van der Waals surface area (Å²) >= 11 is 6.89. The first-order valence-corrected chi connectivity index (χ1v) is 9.65. The third kappa shape index (κ3) is 2.28. The Bertz CT molecular complexity index is 674. The SMILES string of the molecule is O=C(N[C@@H]1CCOc2ccccc21)C12C[C@H]3C[C@@H](CC(Cl)(C3)C1)C2. The molecule has 3 atom stereocenters. The topological polar surface area (TPSA) is 38.3 Å². The number of hydrogen-bond donors (Lipinski definition) is 1. The van der Waals surface area contributed by atoms with Crippen LogP contribution in [0, 0.1) is 17.3 Å². The molecule has 4 saturated carbocycles. The van der Waals surface area contributed by atoms with E-state index in [2.05, 4.69) is 11.4 Å². The second kappa shape index (κ2) is 5.14. The molecular weight excluding hydrogens is 322 g/mol. The van der Waals surface area contributed by atoms with Gasteiger partial charge in [-0.05, 0) is 56.4 Å². The average Bonchev–Trinajstić information content (AvgIpc) is 2.53. The Labute approximate surface area is 148 Å². The Morgan fingerprint density at radius 3 is 2.67 bits per heavy atom. The molecule has 5 aliphatic rings. The molecule has 1 N–H and O–H groups in total. The van der Waals surface area contributed by atoms with Crippen LogP contribution >= 0.6 is 11.6 Å². The molecule has 6 rings (SSSR count). The van der Waals surface area contributed by atoms with Crippen LogP contribution in [-0.4, -0.2) is 17.4 Å². The maximum atomic E-state index is 13.3. The van der Waals surface area contributed by atoms with E-state index in [1.165, 1.54) is 6.42 Å². The standard InChI is InChI=1S/C20H24ClNO2/c21-20-10-13-7-14(11-20)9-19(8-13,12-20)18(23)22-16-5-6-24-17-4-2-1-3-15(16)17/h1-4,13-14,16H,5-12H2,(H,22,23)/t13-,14-,16-,19?,20?/m1/s1. The molecule has 24 heavy (non-hydrogen) atoms. The van der Waals surface area contributed by atoms with Gasteiger partial charge in [0.1, 0.15) is 5.75 Å². The summed E-state index contributed by atoms with van der Waals surface area (Å²) in [6.07, 6.45) is 7.29. The Hall–Kier alpha value is -1.22. The number of amides is 1. The van der Waals surface area contributed by atoms with E-state index in [0.717, 1.165) is 49.8 Å². The number of hydrogen-bond acceptors (Lipinski definition) is 2. The van der Waals surface area contributed by atoms with Gasteiger partial charge in [-0.15, -0.1) is 11.6 Å². The summed E-state index contributed by atoms with van der Waals surface area (Å²) in [4.78, 5) is 13.2. The lowest BCUT2D eigenvalue weighted by Crippen LogP contribution is -2.58. The summed E-state index contributed by atoms with van der Waals surface area (Å²) in [5.41, 5.74) is 0.890. The zero-order chi connectivity index (χ0) is 16.4. The summed E-state index contributed by atoms with van der Waals surface area (Å²) in [7, 11) is 0. The fourth-order valence-corrected chi connectivity index (χ4v) is 6.91. The Morgan fingerprint density at radius 2 is 1.92 bits per heavy atom. The first-order chi connectivity index (χ1) is 11.6. The molecule has 1 amide bonds. The van der Waals surface area contributed by atoms with E-state index >= 15 is 0 Å². The number of benzene rings is 1. The van der Waals surface area contributed by atoms with Crippen molar-refractivity contribution in [3.63, 3.8) is 0 Å². The smallest absolute Gasteiger partial charge is 0.226 e. The van der Waals surface area contributed by atoms with E-state index in [4.69, 9.17) is 16.3 Å². The number of carbonyl (C=O) groups is 1. The molecule has 0 radical (unpaired) electrons. The van der Waals surface area contributed by atoms with Crippen molar-refractivity contribution in [3.05, 3.63) is 29.8 Å². The maximum Gasteiger partial charge on any atom is 0.226 e. The van der Waals surface area contributed by atoms with Crippen molar-refractivity contribution >= 4 is 17.5 Å². The molecule has 4 aliphatic carbocycles. The molecule has 4 fully saturated rings. The van der Waals surface area contributed by atoms with Crippen LogP contribution in [0.1, 0.15) is 56.6 Å². The van der Waals surface area contributed by atoms with Crippen LogP contribution in [0.4, 0.5) is 0 Å². The summed E-state index contributed by atoms with van der Waals surface area (Å²) < 4.78 is 5.73. The fourth-order valence-electron chi connectivity index (χ4n) is 6.22.